The molecule has 0 aromatic carbocycles. The van der Waals surface area contributed by atoms with Gasteiger partial charge in [0.2, 0.25) is 0 Å². The van der Waals surface area contributed by atoms with Gasteiger partial charge in [0.15, 0.2) is 5.78 Å². The van der Waals surface area contributed by atoms with Crippen LogP contribution in [-0.2, 0) is 9.59 Å². The third-order valence-electron chi connectivity index (χ3n) is 1.04. The Morgan fingerprint density at radius 3 is 2.18 bits per heavy atom. The predicted molar refractivity (Wildman–Crippen MR) is 31.0 cm³/mol. The number of hydrogen-bond donors (Lipinski definition) is 1. The summed E-state index contributed by atoms with van der Waals surface area (Å²) in [5.41, 5.74) is 0. The zero-order valence-corrected chi connectivity index (χ0v) is 8.50. The summed E-state index contributed by atoms with van der Waals surface area (Å²) in [6, 6.07) is 0. The summed E-state index contributed by atoms with van der Waals surface area (Å²) in [5.74, 6) is -2.54. The van der Waals surface area contributed by atoms with Crippen LogP contribution in [0.15, 0.2) is 0 Å². The number of carboxylic acid groups (broad SMARTS) is 1. The van der Waals surface area contributed by atoms with Gasteiger partial charge in [-0.1, -0.05) is 0 Å². The molecule has 0 aromatic heterocycles. The van der Waals surface area contributed by atoms with E-state index in [2.05, 4.69) is 0 Å². The second-order valence-corrected chi connectivity index (χ2v) is 1.89. The number of carbonyl (C=O) groups excluding carboxylic acids is 2. The number of carboxylic acids is 1. The van der Waals surface area contributed by atoms with Crippen LogP contribution < -0.4 is 34.7 Å². The summed E-state index contributed by atoms with van der Waals surface area (Å²) in [7, 11) is 0. The number of unbranched alkanes of at least 4 members (excludes halogenated alkanes) is 1. The Morgan fingerprint density at radius 1 is 1.27 bits per heavy atom. The fourth-order valence-electron chi connectivity index (χ4n) is 0.499. The zero-order valence-electron chi connectivity index (χ0n) is 6.50. The van der Waals surface area contributed by atoms with E-state index >= 15 is 0 Å². The minimum absolute atomic E-state index is 0. The van der Waals surface area contributed by atoms with Crippen LogP contribution in [0.4, 0.5) is 0 Å². The Labute approximate surface area is 86.9 Å². The molecule has 58 valence electrons. The summed E-state index contributed by atoms with van der Waals surface area (Å²) >= 11 is 0. The first-order valence-corrected chi connectivity index (χ1v) is 3.03. The predicted octanol–water partition coefficient (Wildman–Crippen LogP) is -4.53. The molecule has 4 nitrogen and oxygen atoms in total. The zero-order chi connectivity index (χ0) is 7.98. The van der Waals surface area contributed by atoms with Gasteiger partial charge in [-0.05, 0) is 12.8 Å². The Morgan fingerprint density at radius 2 is 1.82 bits per heavy atom. The van der Waals surface area contributed by atoms with Gasteiger partial charge in [0.25, 0.3) is 0 Å². The number of aliphatic hydroxyl groups excluding tert-OH is 1. The summed E-state index contributed by atoms with van der Waals surface area (Å²) in [4.78, 5) is 20.0. The van der Waals surface area contributed by atoms with Gasteiger partial charge in [0, 0.05) is 13.0 Å². The molecule has 11 heavy (non-hydrogen) atoms. The number of aliphatic carboxylic acids is 1. The first kappa shape index (κ1) is 13.7. The van der Waals surface area contributed by atoms with Crippen molar-refractivity contribution < 1.29 is 49.4 Å². The van der Waals surface area contributed by atoms with Crippen LogP contribution in [0.1, 0.15) is 19.3 Å². The fourth-order valence-corrected chi connectivity index (χ4v) is 0.499. The van der Waals surface area contributed by atoms with Crippen LogP contribution in [0.25, 0.3) is 0 Å². The van der Waals surface area contributed by atoms with E-state index in [4.69, 9.17) is 5.11 Å². The summed E-state index contributed by atoms with van der Waals surface area (Å²) in [6.07, 6.45) is 0.825. The molecule has 1 N–H and O–H groups in total. The van der Waals surface area contributed by atoms with Crippen LogP contribution in [0.3, 0.4) is 0 Å². The molecule has 0 bridgehead atoms. The number of hydrogen-bond acceptors (Lipinski definition) is 4. The van der Waals surface area contributed by atoms with E-state index in [1.54, 1.807) is 0 Å². The van der Waals surface area contributed by atoms with Crippen molar-refractivity contribution >= 4 is 11.8 Å². The van der Waals surface area contributed by atoms with E-state index < -0.39 is 11.8 Å². The molecule has 0 atom stereocenters. The van der Waals surface area contributed by atoms with Crippen molar-refractivity contribution in [1.82, 2.24) is 0 Å². The normalized spacial score (nSPS) is 8.45. The van der Waals surface area contributed by atoms with Gasteiger partial charge < -0.3 is 15.0 Å². The minimum Gasteiger partial charge on any atom is -0.542 e. The summed E-state index contributed by atoms with van der Waals surface area (Å²) in [6.45, 7) is -0.0136. The third kappa shape index (κ3) is 8.00. The van der Waals surface area contributed by atoms with Gasteiger partial charge >= 0.3 is 29.6 Å². The molecule has 0 radical (unpaired) electrons. The van der Waals surface area contributed by atoms with Gasteiger partial charge in [0.1, 0.15) is 5.97 Å². The maximum atomic E-state index is 10.3. The van der Waals surface area contributed by atoms with Crippen molar-refractivity contribution in [2.75, 3.05) is 6.61 Å². The van der Waals surface area contributed by atoms with Crippen LogP contribution in [0.5, 0.6) is 0 Å². The first-order chi connectivity index (χ1) is 4.68. The Hall–Kier alpha value is 0.1000. The van der Waals surface area contributed by atoms with Crippen molar-refractivity contribution in [3.63, 3.8) is 0 Å². The van der Waals surface area contributed by atoms with Crippen molar-refractivity contribution in [3.8, 4) is 0 Å². The van der Waals surface area contributed by atoms with Crippen LogP contribution in [0.2, 0.25) is 0 Å². The van der Waals surface area contributed by atoms with Crippen LogP contribution >= 0.6 is 0 Å². The quantitative estimate of drug-likeness (QED) is 0.255. The van der Waals surface area contributed by atoms with E-state index in [1.165, 1.54) is 0 Å². The molecule has 0 heterocycles. The standard InChI is InChI=1S/C6H10O4.Na/c7-4-2-1-3-5(8)6(9)10;/h7H,1-4H2,(H,9,10);/q;+1/p-1. The van der Waals surface area contributed by atoms with E-state index in [1.807, 2.05) is 0 Å². The van der Waals surface area contributed by atoms with Crippen molar-refractivity contribution in [1.29, 1.82) is 0 Å². The Kier molecular flexibility index (Phi) is 10.2. The topological polar surface area (TPSA) is 77.4 Å². The molecular formula is C6H9NaO4. The maximum Gasteiger partial charge on any atom is 1.00 e. The van der Waals surface area contributed by atoms with Gasteiger partial charge in [-0.2, -0.15) is 0 Å². The molecule has 0 saturated carbocycles. The monoisotopic (exact) mass is 168 g/mol. The van der Waals surface area contributed by atoms with E-state index in [-0.39, 0.29) is 42.6 Å². The second-order valence-electron chi connectivity index (χ2n) is 1.89. The largest absolute Gasteiger partial charge is 1.00 e. The molecule has 0 aliphatic carbocycles. The maximum absolute atomic E-state index is 10.3. The molecule has 0 fully saturated rings. The molecule has 0 aliphatic heterocycles. The smallest absolute Gasteiger partial charge is 0.542 e. The van der Waals surface area contributed by atoms with E-state index in [0.717, 1.165) is 0 Å². The van der Waals surface area contributed by atoms with Crippen LogP contribution in [0, 0.1) is 0 Å². The molecule has 0 rings (SSSR count). The molecule has 0 saturated heterocycles. The second kappa shape index (κ2) is 8.20. The average Bonchev–Trinajstić information content (AvgIpc) is 1.88. The van der Waals surface area contributed by atoms with Crippen molar-refractivity contribution in [2.45, 2.75) is 19.3 Å². The SMILES string of the molecule is O=C([O-])C(=O)CCCCO.[Na+]. The first-order valence-electron chi connectivity index (χ1n) is 3.03. The molecule has 0 spiro atoms. The third-order valence-corrected chi connectivity index (χ3v) is 1.04. The summed E-state index contributed by atoms with van der Waals surface area (Å²) in [5, 5.41) is 18.0. The van der Waals surface area contributed by atoms with Gasteiger partial charge in [-0.3, -0.25) is 4.79 Å². The number of ketones is 1. The van der Waals surface area contributed by atoms with Crippen molar-refractivity contribution in [2.24, 2.45) is 0 Å². The van der Waals surface area contributed by atoms with Gasteiger partial charge in [0.05, 0.1) is 0 Å². The Balaban J connectivity index is 0. The van der Waals surface area contributed by atoms with E-state index in [9.17, 15) is 14.7 Å². The average molecular weight is 168 g/mol. The van der Waals surface area contributed by atoms with E-state index in [0.29, 0.717) is 12.8 Å². The van der Waals surface area contributed by atoms with Crippen molar-refractivity contribution in [3.05, 3.63) is 0 Å². The van der Waals surface area contributed by atoms with Crippen LogP contribution in [-0.4, -0.2) is 23.5 Å². The number of rotatable bonds is 5. The molecular weight excluding hydrogens is 159 g/mol. The number of Topliss-reactive ketones (excluding diaryl/α,β-unsaturated/α-hetero) is 1. The molecule has 0 amide bonds. The molecule has 5 heteroatoms. The molecule has 0 unspecified atom stereocenters. The number of carbonyl (C=O) groups is 2. The molecule has 0 aliphatic rings. The number of aliphatic hydroxyl groups is 1. The minimum atomic E-state index is -1.64. The Bertz CT molecular complexity index is 135. The fraction of sp³-hybridized carbons (Fsp3) is 0.667. The van der Waals surface area contributed by atoms with Gasteiger partial charge in [-0.25, -0.2) is 0 Å². The summed E-state index contributed by atoms with van der Waals surface area (Å²) < 4.78 is 0. The van der Waals surface area contributed by atoms with Gasteiger partial charge in [-0.15, -0.1) is 0 Å². The molecule has 0 aromatic rings.